The maximum absolute atomic E-state index is 13.0. The number of hydrogen-bond acceptors (Lipinski definition) is 5. The number of benzene rings is 1. The molecule has 2 rings (SSSR count). The maximum Gasteiger partial charge on any atom is 0.148 e. The van der Waals surface area contributed by atoms with E-state index in [0.717, 1.165) is 5.56 Å². The molecule has 0 saturated heterocycles. The highest BCUT2D eigenvalue weighted by atomic mass is 35.5. The van der Waals surface area contributed by atoms with E-state index in [1.807, 2.05) is 13.8 Å². The molecule has 0 radical (unpaired) electrons. The van der Waals surface area contributed by atoms with Gasteiger partial charge in [0.2, 0.25) is 0 Å². The molecule has 20 heavy (non-hydrogen) atoms. The van der Waals surface area contributed by atoms with E-state index in [0.29, 0.717) is 29.6 Å². The molecule has 1 aromatic carbocycles. The predicted octanol–water partition coefficient (Wildman–Crippen LogP) is 3.17. The minimum Gasteiger partial charge on any atom is -0.339 e. The normalized spacial score (nSPS) is 10.4. The third-order valence-corrected chi connectivity index (χ3v) is 3.14. The first-order chi connectivity index (χ1) is 9.55. The zero-order valence-electron chi connectivity index (χ0n) is 11.2. The number of rotatable bonds is 4. The van der Waals surface area contributed by atoms with Crippen LogP contribution in [0.2, 0.25) is 5.02 Å². The Labute approximate surface area is 121 Å². The Morgan fingerprint density at radius 2 is 2.00 bits per heavy atom. The van der Waals surface area contributed by atoms with Crippen LogP contribution in [0.3, 0.4) is 0 Å². The first kappa shape index (κ1) is 14.5. The smallest absolute Gasteiger partial charge is 0.148 e. The average Bonchev–Trinajstić information content (AvgIpc) is 2.43. The molecule has 1 heterocycles. The summed E-state index contributed by atoms with van der Waals surface area (Å²) in [5.41, 5.74) is 3.86. The molecule has 0 aliphatic carbocycles. The van der Waals surface area contributed by atoms with E-state index < -0.39 is 5.82 Å². The topological polar surface area (TPSA) is 75.9 Å². The van der Waals surface area contributed by atoms with Crippen LogP contribution in [0.25, 0.3) is 0 Å². The molecular weight excluding hydrogens is 281 g/mol. The lowest BCUT2D eigenvalue weighted by molar-refractivity contribution is 0.628. The van der Waals surface area contributed by atoms with Crippen LogP contribution < -0.4 is 16.6 Å². The summed E-state index contributed by atoms with van der Waals surface area (Å²) in [6, 6.07) is 4.12. The van der Waals surface area contributed by atoms with Crippen LogP contribution >= 0.6 is 11.6 Å². The number of hydrazine groups is 1. The molecule has 0 fully saturated rings. The molecule has 0 aliphatic heterocycles. The van der Waals surface area contributed by atoms with Crippen molar-refractivity contribution in [3.63, 3.8) is 0 Å². The molecule has 0 spiro atoms. The Hall–Kier alpha value is -1.92. The second kappa shape index (κ2) is 6.02. The van der Waals surface area contributed by atoms with Gasteiger partial charge in [0.05, 0.1) is 10.7 Å². The summed E-state index contributed by atoms with van der Waals surface area (Å²) in [5, 5.41) is 3.35. The van der Waals surface area contributed by atoms with Gasteiger partial charge in [0, 0.05) is 12.0 Å². The summed E-state index contributed by atoms with van der Waals surface area (Å²) >= 11 is 5.99. The van der Waals surface area contributed by atoms with Crippen molar-refractivity contribution in [1.29, 1.82) is 0 Å². The Kier molecular flexibility index (Phi) is 4.36. The third-order valence-electron chi connectivity index (χ3n) is 2.83. The highest BCUT2D eigenvalue weighted by Crippen LogP contribution is 2.28. The predicted molar refractivity (Wildman–Crippen MR) is 78.6 cm³/mol. The SMILES string of the molecule is CCc1nc(NN)c(C)c(Nc2ccc(F)cc2Cl)n1. The Morgan fingerprint density at radius 3 is 2.60 bits per heavy atom. The van der Waals surface area contributed by atoms with Crippen molar-refractivity contribution < 1.29 is 4.39 Å². The van der Waals surface area contributed by atoms with Crippen LogP contribution in [0, 0.1) is 12.7 Å². The van der Waals surface area contributed by atoms with Crippen molar-refractivity contribution in [2.75, 3.05) is 10.7 Å². The highest BCUT2D eigenvalue weighted by Gasteiger charge is 2.11. The number of nitrogens with one attached hydrogen (secondary N) is 2. The average molecular weight is 296 g/mol. The van der Waals surface area contributed by atoms with Gasteiger partial charge in [-0.1, -0.05) is 18.5 Å². The fraction of sp³-hybridized carbons (Fsp3) is 0.231. The Bertz CT molecular complexity index is 632. The van der Waals surface area contributed by atoms with Gasteiger partial charge in [-0.05, 0) is 25.1 Å². The number of halogens is 2. The Balaban J connectivity index is 2.42. The van der Waals surface area contributed by atoms with Gasteiger partial charge in [0.15, 0.2) is 0 Å². The minimum absolute atomic E-state index is 0.281. The van der Waals surface area contributed by atoms with Crippen LogP contribution in [0.4, 0.5) is 21.7 Å². The molecule has 7 heteroatoms. The quantitative estimate of drug-likeness (QED) is 0.596. The maximum atomic E-state index is 13.0. The summed E-state index contributed by atoms with van der Waals surface area (Å²) < 4.78 is 13.0. The van der Waals surface area contributed by atoms with E-state index in [2.05, 4.69) is 20.7 Å². The number of nitrogen functional groups attached to an aromatic ring is 1. The molecule has 4 N–H and O–H groups in total. The van der Waals surface area contributed by atoms with Gasteiger partial charge in [-0.3, -0.25) is 0 Å². The first-order valence-corrected chi connectivity index (χ1v) is 6.49. The van der Waals surface area contributed by atoms with Gasteiger partial charge in [-0.25, -0.2) is 20.2 Å². The number of anilines is 3. The fourth-order valence-electron chi connectivity index (χ4n) is 1.70. The molecule has 0 atom stereocenters. The van der Waals surface area contributed by atoms with Crippen molar-refractivity contribution in [3.05, 3.63) is 40.4 Å². The van der Waals surface area contributed by atoms with E-state index in [1.54, 1.807) is 6.07 Å². The van der Waals surface area contributed by atoms with Crippen molar-refractivity contribution >= 4 is 28.9 Å². The molecule has 0 saturated carbocycles. The molecule has 2 aromatic rings. The van der Waals surface area contributed by atoms with Gasteiger partial charge in [0.25, 0.3) is 0 Å². The lowest BCUT2D eigenvalue weighted by atomic mass is 10.2. The Morgan fingerprint density at radius 1 is 1.30 bits per heavy atom. The number of nitrogens with zero attached hydrogens (tertiary/aromatic N) is 2. The van der Waals surface area contributed by atoms with E-state index in [4.69, 9.17) is 17.4 Å². The van der Waals surface area contributed by atoms with Crippen LogP contribution in [-0.2, 0) is 6.42 Å². The summed E-state index contributed by atoms with van der Waals surface area (Å²) in [6.07, 6.45) is 0.667. The van der Waals surface area contributed by atoms with Crippen molar-refractivity contribution in [2.45, 2.75) is 20.3 Å². The summed E-state index contributed by atoms with van der Waals surface area (Å²) in [6.45, 7) is 3.77. The lowest BCUT2D eigenvalue weighted by Gasteiger charge is -2.14. The van der Waals surface area contributed by atoms with Gasteiger partial charge < -0.3 is 10.7 Å². The van der Waals surface area contributed by atoms with Gasteiger partial charge in [0.1, 0.15) is 23.3 Å². The third kappa shape index (κ3) is 2.97. The summed E-state index contributed by atoms with van der Waals surface area (Å²) in [4.78, 5) is 8.66. The van der Waals surface area contributed by atoms with E-state index >= 15 is 0 Å². The molecule has 0 bridgehead atoms. The molecule has 106 valence electrons. The monoisotopic (exact) mass is 295 g/mol. The fourth-order valence-corrected chi connectivity index (χ4v) is 1.92. The van der Waals surface area contributed by atoms with Crippen molar-refractivity contribution in [2.24, 2.45) is 5.84 Å². The summed E-state index contributed by atoms with van der Waals surface area (Å²) in [5.74, 6) is 6.82. The van der Waals surface area contributed by atoms with Crippen LogP contribution in [0.5, 0.6) is 0 Å². The molecule has 0 unspecified atom stereocenters. The van der Waals surface area contributed by atoms with Gasteiger partial charge >= 0.3 is 0 Å². The standard InChI is InChI=1S/C13H15ClFN5/c1-3-11-18-12(7(2)13(19-11)20-16)17-10-5-4-8(15)6-9(10)14/h4-6H,3,16H2,1-2H3,(H2,17,18,19,20). The summed E-state index contributed by atoms with van der Waals surface area (Å²) in [7, 11) is 0. The molecule has 1 aromatic heterocycles. The van der Waals surface area contributed by atoms with Crippen LogP contribution in [-0.4, -0.2) is 9.97 Å². The second-order valence-corrected chi connectivity index (χ2v) is 4.62. The zero-order chi connectivity index (χ0) is 14.7. The number of aryl methyl sites for hydroxylation is 1. The number of hydrogen-bond donors (Lipinski definition) is 3. The van der Waals surface area contributed by atoms with Crippen LogP contribution in [0.1, 0.15) is 18.3 Å². The second-order valence-electron chi connectivity index (χ2n) is 4.21. The van der Waals surface area contributed by atoms with E-state index in [-0.39, 0.29) is 5.02 Å². The highest BCUT2D eigenvalue weighted by molar-refractivity contribution is 6.33. The first-order valence-electron chi connectivity index (χ1n) is 6.11. The molecular formula is C13H15ClFN5. The molecule has 0 aliphatic rings. The van der Waals surface area contributed by atoms with Gasteiger partial charge in [-0.15, -0.1) is 0 Å². The van der Waals surface area contributed by atoms with E-state index in [1.165, 1.54) is 12.1 Å². The van der Waals surface area contributed by atoms with E-state index in [9.17, 15) is 4.39 Å². The van der Waals surface area contributed by atoms with Crippen molar-refractivity contribution in [1.82, 2.24) is 9.97 Å². The molecule has 5 nitrogen and oxygen atoms in total. The largest absolute Gasteiger partial charge is 0.339 e. The van der Waals surface area contributed by atoms with Crippen LogP contribution in [0.15, 0.2) is 18.2 Å². The lowest BCUT2D eigenvalue weighted by Crippen LogP contribution is -2.14. The molecule has 0 amide bonds. The number of nitrogens with two attached hydrogens (primary N) is 1. The van der Waals surface area contributed by atoms with Gasteiger partial charge in [-0.2, -0.15) is 0 Å². The minimum atomic E-state index is -0.390. The number of aromatic nitrogens is 2. The van der Waals surface area contributed by atoms with Crippen molar-refractivity contribution in [3.8, 4) is 0 Å². The zero-order valence-corrected chi connectivity index (χ0v) is 11.9.